The van der Waals surface area contributed by atoms with E-state index in [9.17, 15) is 13.9 Å². The lowest BCUT2D eigenvalue weighted by Crippen LogP contribution is -2.02. The van der Waals surface area contributed by atoms with Crippen LogP contribution in [0.4, 0.5) is 8.78 Å². The van der Waals surface area contributed by atoms with Crippen LogP contribution in [0.5, 0.6) is 0 Å². The van der Waals surface area contributed by atoms with Gasteiger partial charge in [0, 0.05) is 55.8 Å². The molecule has 4 aromatic rings. The fourth-order valence-electron chi connectivity index (χ4n) is 2.85. The zero-order valence-electron chi connectivity index (χ0n) is 13.4. The first-order valence-corrected chi connectivity index (χ1v) is 9.59. The number of nitrogens with zero attached hydrogens (tertiary/aromatic N) is 1. The molecule has 0 spiro atoms. The second kappa shape index (κ2) is 7.07. The number of pyridine rings is 1. The fraction of sp³-hybridized carbons (Fsp3) is 0.0500. The van der Waals surface area contributed by atoms with E-state index < -0.39 is 17.7 Å². The molecule has 6 heteroatoms. The summed E-state index contributed by atoms with van der Waals surface area (Å²) in [5.74, 6) is -1.28. The van der Waals surface area contributed by atoms with Crippen molar-refractivity contribution < 1.29 is 13.9 Å². The molecule has 1 atom stereocenters. The first-order valence-electron chi connectivity index (χ1n) is 7.84. The van der Waals surface area contributed by atoms with Crippen molar-refractivity contribution in [3.05, 3.63) is 88.4 Å². The van der Waals surface area contributed by atoms with Crippen LogP contribution in [0, 0.1) is 11.6 Å². The summed E-state index contributed by atoms with van der Waals surface area (Å²) in [6, 6.07) is 10.9. The van der Waals surface area contributed by atoms with Crippen molar-refractivity contribution in [2.24, 2.45) is 0 Å². The summed E-state index contributed by atoms with van der Waals surface area (Å²) in [5, 5.41) is 14.9. The van der Waals surface area contributed by atoms with Gasteiger partial charge in [0.05, 0.1) is 0 Å². The van der Waals surface area contributed by atoms with Gasteiger partial charge in [0.2, 0.25) is 0 Å². The molecule has 0 saturated heterocycles. The molecular formula is C20H13F2NOS2. The first kappa shape index (κ1) is 17.0. The van der Waals surface area contributed by atoms with Gasteiger partial charge in [0.25, 0.3) is 0 Å². The van der Waals surface area contributed by atoms with Crippen molar-refractivity contribution >= 4 is 22.7 Å². The lowest BCUT2D eigenvalue weighted by molar-refractivity contribution is 0.221. The number of benzene rings is 1. The van der Waals surface area contributed by atoms with Crippen LogP contribution in [0.2, 0.25) is 0 Å². The summed E-state index contributed by atoms with van der Waals surface area (Å²) in [7, 11) is 0. The Hall–Kier alpha value is -2.41. The third-order valence-corrected chi connectivity index (χ3v) is 6.00. The molecule has 0 saturated carbocycles. The molecule has 1 unspecified atom stereocenters. The van der Waals surface area contributed by atoms with Crippen molar-refractivity contribution in [2.45, 2.75) is 6.10 Å². The maximum atomic E-state index is 14.4. The van der Waals surface area contributed by atoms with Crippen molar-refractivity contribution in [1.82, 2.24) is 4.98 Å². The van der Waals surface area contributed by atoms with Gasteiger partial charge in [0.15, 0.2) is 0 Å². The molecule has 0 fully saturated rings. The van der Waals surface area contributed by atoms with Crippen molar-refractivity contribution in [3.63, 3.8) is 0 Å². The van der Waals surface area contributed by atoms with Crippen LogP contribution in [0.25, 0.3) is 20.9 Å². The van der Waals surface area contributed by atoms with E-state index in [0.29, 0.717) is 16.0 Å². The Morgan fingerprint density at radius 1 is 1.00 bits per heavy atom. The predicted octanol–water partition coefficient (Wildman–Crippen LogP) is 5.90. The van der Waals surface area contributed by atoms with E-state index in [-0.39, 0.29) is 5.56 Å². The molecule has 2 nitrogen and oxygen atoms in total. The number of aliphatic hydroxyl groups excluding tert-OH is 1. The highest BCUT2D eigenvalue weighted by Crippen LogP contribution is 2.45. The smallest absolute Gasteiger partial charge is 0.134 e. The monoisotopic (exact) mass is 385 g/mol. The second-order valence-electron chi connectivity index (χ2n) is 5.68. The summed E-state index contributed by atoms with van der Waals surface area (Å²) >= 11 is 2.88. The molecule has 26 heavy (non-hydrogen) atoms. The van der Waals surface area contributed by atoms with Gasteiger partial charge in [-0.15, -0.1) is 22.7 Å². The van der Waals surface area contributed by atoms with E-state index in [1.54, 1.807) is 35.9 Å². The maximum Gasteiger partial charge on any atom is 0.134 e. The summed E-state index contributed by atoms with van der Waals surface area (Å²) in [6.45, 7) is 0. The lowest BCUT2D eigenvalue weighted by atomic mass is 9.96. The summed E-state index contributed by atoms with van der Waals surface area (Å²) in [4.78, 5) is 5.63. The normalized spacial score (nSPS) is 12.3. The number of aliphatic hydroxyl groups is 1. The Balaban J connectivity index is 1.93. The Morgan fingerprint density at radius 2 is 1.88 bits per heavy atom. The van der Waals surface area contributed by atoms with Crippen LogP contribution < -0.4 is 0 Å². The molecule has 0 radical (unpaired) electrons. The molecule has 0 amide bonds. The van der Waals surface area contributed by atoms with E-state index >= 15 is 0 Å². The first-order chi connectivity index (χ1) is 12.6. The van der Waals surface area contributed by atoms with E-state index in [4.69, 9.17) is 0 Å². The van der Waals surface area contributed by atoms with E-state index in [2.05, 4.69) is 4.98 Å². The highest BCUT2D eigenvalue weighted by Gasteiger charge is 2.25. The van der Waals surface area contributed by atoms with Crippen LogP contribution in [0.1, 0.15) is 17.2 Å². The van der Waals surface area contributed by atoms with Gasteiger partial charge in [-0.25, -0.2) is 8.78 Å². The van der Waals surface area contributed by atoms with E-state index in [1.165, 1.54) is 23.5 Å². The molecule has 1 N–H and O–H groups in total. The minimum absolute atomic E-state index is 0.275. The molecular weight excluding hydrogens is 372 g/mol. The van der Waals surface area contributed by atoms with E-state index in [0.717, 1.165) is 16.5 Å². The van der Waals surface area contributed by atoms with Gasteiger partial charge in [-0.2, -0.15) is 0 Å². The topological polar surface area (TPSA) is 33.1 Å². The third-order valence-electron chi connectivity index (χ3n) is 4.07. The Morgan fingerprint density at radius 3 is 2.58 bits per heavy atom. The number of thiophene rings is 2. The number of halogens is 2. The number of hydrogen-bond donors (Lipinski definition) is 1. The van der Waals surface area contributed by atoms with Crippen LogP contribution in [-0.2, 0) is 0 Å². The molecule has 0 aliphatic heterocycles. The standard InChI is InChI=1S/C20H13F2NOS2/c21-13-5-6-14(16(22)9-13)20-18(19(24)12-3-1-7-23-10-12)15(11-26-20)17-4-2-8-25-17/h1-11,19,24H. The predicted molar refractivity (Wildman–Crippen MR) is 101 cm³/mol. The lowest BCUT2D eigenvalue weighted by Gasteiger charge is -2.15. The maximum absolute atomic E-state index is 14.4. The second-order valence-corrected chi connectivity index (χ2v) is 7.51. The van der Waals surface area contributed by atoms with Crippen LogP contribution in [0.3, 0.4) is 0 Å². The molecule has 3 aromatic heterocycles. The zero-order valence-corrected chi connectivity index (χ0v) is 15.0. The van der Waals surface area contributed by atoms with Crippen molar-refractivity contribution in [3.8, 4) is 20.9 Å². The number of rotatable bonds is 4. The van der Waals surface area contributed by atoms with E-state index in [1.807, 2.05) is 22.9 Å². The quantitative estimate of drug-likeness (QED) is 0.474. The van der Waals surface area contributed by atoms with Crippen LogP contribution in [0.15, 0.2) is 65.6 Å². The molecule has 0 aliphatic rings. The minimum atomic E-state index is -0.966. The largest absolute Gasteiger partial charge is 0.384 e. The highest BCUT2D eigenvalue weighted by molar-refractivity contribution is 7.16. The van der Waals surface area contributed by atoms with Crippen LogP contribution in [-0.4, -0.2) is 10.1 Å². The average Bonchev–Trinajstić information content (AvgIpc) is 3.31. The van der Waals surface area contributed by atoms with Gasteiger partial charge in [-0.05, 0) is 29.6 Å². The Bertz CT molecular complexity index is 1030. The van der Waals surface area contributed by atoms with Gasteiger partial charge >= 0.3 is 0 Å². The minimum Gasteiger partial charge on any atom is -0.384 e. The van der Waals surface area contributed by atoms with Gasteiger partial charge in [-0.1, -0.05) is 12.1 Å². The van der Waals surface area contributed by atoms with Crippen LogP contribution >= 0.6 is 22.7 Å². The highest BCUT2D eigenvalue weighted by atomic mass is 32.1. The molecule has 0 aliphatic carbocycles. The molecule has 0 bridgehead atoms. The average molecular weight is 385 g/mol. The molecule has 4 rings (SSSR count). The zero-order chi connectivity index (χ0) is 18.1. The molecule has 1 aromatic carbocycles. The van der Waals surface area contributed by atoms with Crippen molar-refractivity contribution in [2.75, 3.05) is 0 Å². The number of hydrogen-bond acceptors (Lipinski definition) is 4. The van der Waals surface area contributed by atoms with Gasteiger partial charge in [0.1, 0.15) is 17.7 Å². The third kappa shape index (κ3) is 3.07. The van der Waals surface area contributed by atoms with Crippen molar-refractivity contribution in [1.29, 1.82) is 0 Å². The summed E-state index contributed by atoms with van der Waals surface area (Å²) in [6.07, 6.45) is 2.25. The number of aromatic nitrogens is 1. The Labute approximate surface area is 157 Å². The van der Waals surface area contributed by atoms with Gasteiger partial charge < -0.3 is 5.11 Å². The summed E-state index contributed by atoms with van der Waals surface area (Å²) < 4.78 is 27.7. The molecule has 130 valence electrons. The summed E-state index contributed by atoms with van der Waals surface area (Å²) in [5.41, 5.74) is 2.35. The Kier molecular flexibility index (Phi) is 4.63. The SMILES string of the molecule is OC(c1cccnc1)c1c(-c2cccs2)csc1-c1ccc(F)cc1F. The van der Waals surface area contributed by atoms with Gasteiger partial charge in [-0.3, -0.25) is 4.98 Å². The fourth-order valence-corrected chi connectivity index (χ4v) is 4.81. The molecule has 3 heterocycles.